The fourth-order valence-electron chi connectivity index (χ4n) is 4.76. The van der Waals surface area contributed by atoms with E-state index < -0.39 is 0 Å². The fraction of sp³-hybridized carbons (Fsp3) is 0.625. The Kier molecular flexibility index (Phi) is 7.81. The van der Waals surface area contributed by atoms with Gasteiger partial charge in [-0.3, -0.25) is 0 Å². The molecule has 2 nitrogen and oxygen atoms in total. The van der Waals surface area contributed by atoms with Crippen LogP contribution in [0.15, 0.2) is 24.5 Å². The topological polar surface area (TPSA) is 9.86 Å². The van der Waals surface area contributed by atoms with Gasteiger partial charge < -0.3 is 0 Å². The monoisotopic (exact) mass is 459 g/mol. The van der Waals surface area contributed by atoms with Crippen LogP contribution in [0.25, 0.3) is 5.69 Å². The van der Waals surface area contributed by atoms with Gasteiger partial charge in [-0.1, -0.05) is 0 Å². The van der Waals surface area contributed by atoms with Gasteiger partial charge in [0.05, 0.1) is 0 Å². The minimum atomic E-state index is 0.616. The van der Waals surface area contributed by atoms with Crippen molar-refractivity contribution in [2.24, 2.45) is 0 Å². The summed E-state index contributed by atoms with van der Waals surface area (Å²) >= 11 is 3.97. The Morgan fingerprint density at radius 3 is 1.74 bits per heavy atom. The third kappa shape index (κ3) is 5.37. The van der Waals surface area contributed by atoms with Crippen molar-refractivity contribution in [1.82, 2.24) is 9.13 Å². The molecule has 1 fully saturated rings. The van der Waals surface area contributed by atoms with Gasteiger partial charge >= 0.3 is 178 Å². The number of hydrogen-bond acceptors (Lipinski definition) is 0. The quantitative estimate of drug-likeness (QED) is 0.422. The van der Waals surface area contributed by atoms with E-state index in [4.69, 9.17) is 0 Å². The molecule has 0 amide bonds. The molecule has 1 saturated carbocycles. The predicted molar refractivity (Wildman–Crippen MR) is 111 cm³/mol. The maximum atomic E-state index is 3.97. The summed E-state index contributed by atoms with van der Waals surface area (Å²) in [5.74, 6) is 0. The second-order valence-corrected chi connectivity index (χ2v) is 9.13. The van der Waals surface area contributed by atoms with Crippen molar-refractivity contribution < 1.29 is 20.6 Å². The van der Waals surface area contributed by atoms with Gasteiger partial charge in [0.25, 0.3) is 0 Å². The fourth-order valence-corrected chi connectivity index (χ4v) is 5.42. The van der Waals surface area contributed by atoms with Crippen LogP contribution in [0.4, 0.5) is 0 Å². The zero-order chi connectivity index (χ0) is 19.2. The van der Waals surface area contributed by atoms with Crippen LogP contribution >= 0.6 is 0 Å². The first-order chi connectivity index (χ1) is 13.1. The van der Waals surface area contributed by atoms with Crippen molar-refractivity contribution in [1.29, 1.82) is 0 Å². The summed E-state index contributed by atoms with van der Waals surface area (Å²) in [5.41, 5.74) is 5.34. The number of nitrogens with zero attached hydrogens (tertiary/aromatic N) is 2. The number of imidazole rings is 1. The SMILES string of the molecule is Cc1cc(C)c(-n2ccn(C3CCCCCCCCCCC3)[c]2=[Ag])c(C)c1. The Morgan fingerprint density at radius 2 is 1.22 bits per heavy atom. The number of rotatable bonds is 2. The van der Waals surface area contributed by atoms with E-state index in [9.17, 15) is 0 Å². The van der Waals surface area contributed by atoms with E-state index in [-0.39, 0.29) is 0 Å². The summed E-state index contributed by atoms with van der Waals surface area (Å²) in [6.45, 7) is 6.63. The average Bonchev–Trinajstić information content (AvgIpc) is 2.96. The molecule has 0 atom stereocenters. The Morgan fingerprint density at radius 1 is 0.741 bits per heavy atom. The van der Waals surface area contributed by atoms with Crippen LogP contribution in [-0.2, 0) is 20.6 Å². The normalized spacial score (nSPS) is 18.1. The van der Waals surface area contributed by atoms with Crippen molar-refractivity contribution in [2.75, 3.05) is 0 Å². The molecule has 0 unspecified atom stereocenters. The molecule has 3 heteroatoms. The van der Waals surface area contributed by atoms with E-state index in [1.807, 2.05) is 0 Å². The molecule has 0 radical (unpaired) electrons. The van der Waals surface area contributed by atoms with Gasteiger partial charge in [-0.25, -0.2) is 0 Å². The van der Waals surface area contributed by atoms with Crippen molar-refractivity contribution in [3.05, 3.63) is 44.8 Å². The van der Waals surface area contributed by atoms with E-state index in [0.717, 1.165) is 0 Å². The molecule has 1 aliphatic rings. The number of aryl methyl sites for hydroxylation is 3. The molecule has 0 N–H and O–H groups in total. The number of hydrogen-bond donors (Lipinski definition) is 0. The van der Waals surface area contributed by atoms with E-state index in [0.29, 0.717) is 6.04 Å². The second kappa shape index (κ2) is 10.1. The van der Waals surface area contributed by atoms with Crippen LogP contribution in [0.3, 0.4) is 0 Å². The van der Waals surface area contributed by atoms with E-state index in [1.54, 1.807) is 0 Å². The third-order valence-electron chi connectivity index (χ3n) is 6.09. The first kappa shape index (κ1) is 20.9. The molecular formula is C24H36AgN2. The van der Waals surface area contributed by atoms with Crippen LogP contribution in [0, 0.1) is 24.4 Å². The van der Waals surface area contributed by atoms with Crippen LogP contribution in [-0.4, -0.2) is 9.13 Å². The Bertz CT molecular complexity index is 764. The Balaban J connectivity index is 1.85. The van der Waals surface area contributed by atoms with Gasteiger partial charge in [0, 0.05) is 0 Å². The van der Waals surface area contributed by atoms with Gasteiger partial charge in [-0.15, -0.1) is 0 Å². The molecule has 1 aromatic heterocycles. The van der Waals surface area contributed by atoms with E-state index >= 15 is 0 Å². The van der Waals surface area contributed by atoms with Gasteiger partial charge in [-0.05, 0) is 0 Å². The van der Waals surface area contributed by atoms with Crippen molar-refractivity contribution in [2.45, 2.75) is 97.4 Å². The average molecular weight is 460 g/mol. The second-order valence-electron chi connectivity index (χ2n) is 8.47. The van der Waals surface area contributed by atoms with E-state index in [1.165, 1.54) is 96.6 Å². The van der Waals surface area contributed by atoms with Crippen molar-refractivity contribution >= 4 is 0 Å². The first-order valence-electron chi connectivity index (χ1n) is 10.9. The number of benzene rings is 1. The molecular weight excluding hydrogens is 424 g/mol. The summed E-state index contributed by atoms with van der Waals surface area (Å²) in [4.78, 5) is 0. The van der Waals surface area contributed by atoms with Gasteiger partial charge in [0.15, 0.2) is 0 Å². The molecule has 153 valence electrons. The van der Waals surface area contributed by atoms with Crippen LogP contribution in [0.2, 0.25) is 0 Å². The summed E-state index contributed by atoms with van der Waals surface area (Å²) in [6.07, 6.45) is 19.8. The maximum absolute atomic E-state index is 3.97. The molecule has 0 spiro atoms. The van der Waals surface area contributed by atoms with Gasteiger partial charge in [0.1, 0.15) is 0 Å². The van der Waals surface area contributed by atoms with Crippen molar-refractivity contribution in [3.8, 4) is 5.69 Å². The van der Waals surface area contributed by atoms with Crippen molar-refractivity contribution in [3.63, 3.8) is 0 Å². The van der Waals surface area contributed by atoms with Crippen LogP contribution in [0.5, 0.6) is 0 Å². The Labute approximate surface area is 177 Å². The summed E-state index contributed by atoms with van der Waals surface area (Å²) in [7, 11) is 0. The third-order valence-corrected chi connectivity index (χ3v) is 6.83. The summed E-state index contributed by atoms with van der Waals surface area (Å²) in [5, 5.41) is 0. The molecule has 0 bridgehead atoms. The summed E-state index contributed by atoms with van der Waals surface area (Å²) < 4.78 is 6.01. The Hall–Kier alpha value is -0.830. The van der Waals surface area contributed by atoms with Crippen LogP contribution in [0.1, 0.15) is 93.4 Å². The first-order valence-corrected chi connectivity index (χ1v) is 11.6. The van der Waals surface area contributed by atoms with Gasteiger partial charge in [0.2, 0.25) is 0 Å². The van der Waals surface area contributed by atoms with E-state index in [2.05, 4.69) is 75.0 Å². The molecule has 0 aliphatic heterocycles. The van der Waals surface area contributed by atoms with Gasteiger partial charge in [-0.2, -0.15) is 0 Å². The van der Waals surface area contributed by atoms with Crippen LogP contribution < -0.4 is 0 Å². The molecule has 27 heavy (non-hydrogen) atoms. The zero-order valence-electron chi connectivity index (χ0n) is 17.4. The molecule has 1 aliphatic carbocycles. The zero-order valence-corrected chi connectivity index (χ0v) is 18.8. The minimum absolute atomic E-state index is 0.616. The molecule has 1 heterocycles. The predicted octanol–water partition coefficient (Wildman–Crippen LogP) is 7.13. The molecule has 1 aromatic carbocycles. The standard InChI is InChI=1S/C24H36N2.Ag/c1-20-17-21(2)24(22(3)18-20)26-16-15-25(19-26)23-13-11-9-7-5-4-6-8-10-12-14-23;/h15-18,23H,4-14H2,1-3H3;. The number of aromatic nitrogens is 2. The summed E-state index contributed by atoms with van der Waals surface area (Å²) in [6, 6.07) is 5.19. The molecule has 0 saturated heterocycles. The molecule has 2 aromatic rings. The molecule has 3 rings (SSSR count).